The summed E-state index contributed by atoms with van der Waals surface area (Å²) in [5.74, 6) is 2.26. The van der Waals surface area contributed by atoms with Crippen LogP contribution in [0.5, 0.6) is 0 Å². The van der Waals surface area contributed by atoms with Crippen molar-refractivity contribution in [2.24, 2.45) is 0 Å². The number of unbranched alkanes of at least 4 members (excludes halogenated alkanes) is 1. The van der Waals surface area contributed by atoms with E-state index in [2.05, 4.69) is 5.92 Å². The van der Waals surface area contributed by atoms with Gasteiger partial charge in [-0.15, -0.1) is 12.3 Å². The summed E-state index contributed by atoms with van der Waals surface area (Å²) >= 11 is 0. The molecular weight excluding hydrogens is 191 g/mol. The molecule has 0 aromatic heterocycles. The van der Waals surface area contributed by atoms with Gasteiger partial charge in [-0.3, -0.25) is 0 Å². The monoisotopic (exact) mass is 206 g/mol. The summed E-state index contributed by atoms with van der Waals surface area (Å²) in [7, 11) is 0. The highest BCUT2D eigenvalue weighted by molar-refractivity contribution is 5.17. The first-order chi connectivity index (χ1) is 7.24. The van der Waals surface area contributed by atoms with E-state index in [1.807, 2.05) is 0 Å². The lowest BCUT2D eigenvalue weighted by Gasteiger charge is -2.09. The van der Waals surface area contributed by atoms with E-state index >= 15 is 0 Å². The smallest absolute Gasteiger partial charge is 0.126 e. The van der Waals surface area contributed by atoms with Crippen LogP contribution >= 0.6 is 0 Å². The van der Waals surface area contributed by atoms with Crippen LogP contribution in [0.3, 0.4) is 0 Å². The predicted octanol–water partition coefficient (Wildman–Crippen LogP) is 2.53. The van der Waals surface area contributed by atoms with Crippen molar-refractivity contribution in [3.05, 3.63) is 35.6 Å². The number of terminal acetylenes is 1. The second-order valence-corrected chi connectivity index (χ2v) is 3.55. The second kappa shape index (κ2) is 6.21. The SMILES string of the molecule is C#CCCCC(O)Cc1ccccc1F. The van der Waals surface area contributed by atoms with E-state index in [1.54, 1.807) is 18.2 Å². The topological polar surface area (TPSA) is 20.2 Å². The Balaban J connectivity index is 2.41. The van der Waals surface area contributed by atoms with Crippen LogP contribution in [0.2, 0.25) is 0 Å². The summed E-state index contributed by atoms with van der Waals surface area (Å²) in [4.78, 5) is 0. The molecule has 80 valence electrons. The molecule has 2 heteroatoms. The molecule has 1 atom stereocenters. The van der Waals surface area contributed by atoms with E-state index in [9.17, 15) is 9.50 Å². The third kappa shape index (κ3) is 4.14. The Morgan fingerprint density at radius 1 is 1.40 bits per heavy atom. The van der Waals surface area contributed by atoms with Gasteiger partial charge in [0.2, 0.25) is 0 Å². The Kier molecular flexibility index (Phi) is 4.86. The molecule has 0 spiro atoms. The van der Waals surface area contributed by atoms with Crippen LogP contribution in [0.15, 0.2) is 24.3 Å². The molecule has 0 saturated carbocycles. The normalized spacial score (nSPS) is 12.1. The maximum Gasteiger partial charge on any atom is 0.126 e. The predicted molar refractivity (Wildman–Crippen MR) is 58.8 cm³/mol. The van der Waals surface area contributed by atoms with Crippen molar-refractivity contribution < 1.29 is 9.50 Å². The molecule has 1 aromatic rings. The molecule has 15 heavy (non-hydrogen) atoms. The van der Waals surface area contributed by atoms with Crippen LogP contribution in [-0.4, -0.2) is 11.2 Å². The van der Waals surface area contributed by atoms with Gasteiger partial charge in [-0.25, -0.2) is 4.39 Å². The number of halogens is 1. The highest BCUT2D eigenvalue weighted by Gasteiger charge is 2.08. The van der Waals surface area contributed by atoms with Crippen molar-refractivity contribution in [1.82, 2.24) is 0 Å². The van der Waals surface area contributed by atoms with E-state index in [1.165, 1.54) is 6.07 Å². The minimum atomic E-state index is -0.504. The third-order valence-corrected chi connectivity index (χ3v) is 2.27. The Labute approximate surface area is 89.9 Å². The highest BCUT2D eigenvalue weighted by atomic mass is 19.1. The van der Waals surface area contributed by atoms with Gasteiger partial charge in [-0.2, -0.15) is 0 Å². The summed E-state index contributed by atoms with van der Waals surface area (Å²) in [6, 6.07) is 6.51. The summed E-state index contributed by atoms with van der Waals surface area (Å²) in [5.41, 5.74) is 0.561. The molecule has 1 rings (SSSR count). The summed E-state index contributed by atoms with van der Waals surface area (Å²) in [5, 5.41) is 9.62. The fraction of sp³-hybridized carbons (Fsp3) is 0.385. The van der Waals surface area contributed by atoms with Crippen molar-refractivity contribution in [3.8, 4) is 12.3 Å². The first-order valence-corrected chi connectivity index (χ1v) is 5.09. The molecule has 0 aliphatic heterocycles. The molecular formula is C13H15FO. The average molecular weight is 206 g/mol. The molecule has 1 unspecified atom stereocenters. The van der Waals surface area contributed by atoms with Crippen molar-refractivity contribution >= 4 is 0 Å². The molecule has 0 bridgehead atoms. The lowest BCUT2D eigenvalue weighted by Crippen LogP contribution is -2.11. The molecule has 0 saturated heterocycles. The first-order valence-electron chi connectivity index (χ1n) is 5.09. The van der Waals surface area contributed by atoms with Crippen molar-refractivity contribution in [1.29, 1.82) is 0 Å². The number of rotatable bonds is 5. The number of aliphatic hydroxyl groups excluding tert-OH is 1. The Hall–Kier alpha value is -1.33. The fourth-order valence-electron chi connectivity index (χ4n) is 1.46. The van der Waals surface area contributed by atoms with Gasteiger partial charge in [0.05, 0.1) is 6.10 Å². The van der Waals surface area contributed by atoms with Gasteiger partial charge in [-0.05, 0) is 24.5 Å². The van der Waals surface area contributed by atoms with Gasteiger partial charge < -0.3 is 5.11 Å². The van der Waals surface area contributed by atoms with E-state index < -0.39 is 6.10 Å². The highest BCUT2D eigenvalue weighted by Crippen LogP contribution is 2.12. The first kappa shape index (κ1) is 11.7. The number of aliphatic hydroxyl groups is 1. The quantitative estimate of drug-likeness (QED) is 0.580. The molecule has 0 amide bonds. The standard InChI is InChI=1S/C13H15FO/c1-2-3-4-8-12(15)10-11-7-5-6-9-13(11)14/h1,5-7,9,12,15H,3-4,8,10H2. The molecule has 1 nitrogen and oxygen atoms in total. The number of hydrogen-bond donors (Lipinski definition) is 1. The molecule has 0 aliphatic carbocycles. The largest absolute Gasteiger partial charge is 0.393 e. The Morgan fingerprint density at radius 3 is 2.80 bits per heavy atom. The fourth-order valence-corrected chi connectivity index (χ4v) is 1.46. The number of benzene rings is 1. The molecule has 1 N–H and O–H groups in total. The van der Waals surface area contributed by atoms with Crippen molar-refractivity contribution in [3.63, 3.8) is 0 Å². The lowest BCUT2D eigenvalue weighted by molar-refractivity contribution is 0.161. The maximum absolute atomic E-state index is 13.2. The van der Waals surface area contributed by atoms with Gasteiger partial charge in [0.25, 0.3) is 0 Å². The van der Waals surface area contributed by atoms with Crippen LogP contribution in [-0.2, 0) is 6.42 Å². The molecule has 0 heterocycles. The van der Waals surface area contributed by atoms with Crippen LogP contribution in [0.1, 0.15) is 24.8 Å². The Bertz CT molecular complexity index is 341. The van der Waals surface area contributed by atoms with Crippen molar-refractivity contribution in [2.45, 2.75) is 31.8 Å². The minimum Gasteiger partial charge on any atom is -0.393 e. The van der Waals surface area contributed by atoms with E-state index in [0.717, 1.165) is 6.42 Å². The zero-order valence-corrected chi connectivity index (χ0v) is 8.62. The minimum absolute atomic E-state index is 0.256. The molecule has 0 radical (unpaired) electrons. The van der Waals surface area contributed by atoms with Crippen LogP contribution < -0.4 is 0 Å². The van der Waals surface area contributed by atoms with E-state index in [4.69, 9.17) is 6.42 Å². The maximum atomic E-state index is 13.2. The Morgan fingerprint density at radius 2 is 2.13 bits per heavy atom. The van der Waals surface area contributed by atoms with Crippen molar-refractivity contribution in [2.75, 3.05) is 0 Å². The van der Waals surface area contributed by atoms with Gasteiger partial charge >= 0.3 is 0 Å². The van der Waals surface area contributed by atoms with E-state index in [-0.39, 0.29) is 5.82 Å². The van der Waals surface area contributed by atoms with Gasteiger partial charge in [-0.1, -0.05) is 18.2 Å². The summed E-state index contributed by atoms with van der Waals surface area (Å²) < 4.78 is 13.2. The summed E-state index contributed by atoms with van der Waals surface area (Å²) in [6.45, 7) is 0. The van der Waals surface area contributed by atoms with Crippen LogP contribution in [0.25, 0.3) is 0 Å². The molecule has 0 fully saturated rings. The molecule has 0 aliphatic rings. The number of hydrogen-bond acceptors (Lipinski definition) is 1. The lowest BCUT2D eigenvalue weighted by atomic mass is 10.0. The second-order valence-electron chi connectivity index (χ2n) is 3.55. The van der Waals surface area contributed by atoms with Crippen LogP contribution in [0.4, 0.5) is 4.39 Å². The van der Waals surface area contributed by atoms with E-state index in [0.29, 0.717) is 24.8 Å². The van der Waals surface area contributed by atoms with Crippen LogP contribution in [0, 0.1) is 18.2 Å². The zero-order chi connectivity index (χ0) is 11.1. The average Bonchev–Trinajstić information content (AvgIpc) is 2.22. The summed E-state index contributed by atoms with van der Waals surface area (Å²) in [6.07, 6.45) is 7.02. The zero-order valence-electron chi connectivity index (χ0n) is 8.62. The van der Waals surface area contributed by atoms with Gasteiger partial charge in [0.15, 0.2) is 0 Å². The van der Waals surface area contributed by atoms with Gasteiger partial charge in [0, 0.05) is 12.8 Å². The molecule has 1 aromatic carbocycles. The third-order valence-electron chi connectivity index (χ3n) is 2.27. The van der Waals surface area contributed by atoms with Gasteiger partial charge in [0.1, 0.15) is 5.82 Å².